The lowest BCUT2D eigenvalue weighted by Gasteiger charge is -2.46. The summed E-state index contributed by atoms with van der Waals surface area (Å²) in [6.45, 7) is 11.7. The first-order valence-corrected chi connectivity index (χ1v) is 9.99. The van der Waals surface area contributed by atoms with Crippen LogP contribution >= 0.6 is 0 Å². The van der Waals surface area contributed by atoms with Crippen LogP contribution in [-0.2, 0) is 4.74 Å². The van der Waals surface area contributed by atoms with Gasteiger partial charge in [-0.2, -0.15) is 0 Å². The Morgan fingerprint density at radius 2 is 1.92 bits per heavy atom. The molecule has 1 aliphatic carbocycles. The molecule has 0 bridgehead atoms. The molecule has 1 aliphatic rings. The van der Waals surface area contributed by atoms with Crippen LogP contribution in [0.25, 0.3) is 0 Å². The second-order valence-corrected chi connectivity index (χ2v) is 9.07. The minimum atomic E-state index is -0.986. The average molecular weight is 371 g/mol. The summed E-state index contributed by atoms with van der Waals surface area (Å²) >= 11 is 0. The normalized spacial score (nSPS) is 26.0. The van der Waals surface area contributed by atoms with Crippen LogP contribution in [0.1, 0.15) is 79.6 Å². The summed E-state index contributed by atoms with van der Waals surface area (Å²) < 4.78 is 5.41. The summed E-state index contributed by atoms with van der Waals surface area (Å²) in [5.41, 5.74) is -0.126. The number of amides is 2. The highest BCUT2D eigenvalue weighted by Crippen LogP contribution is 2.45. The monoisotopic (exact) mass is 370 g/mol. The molecule has 1 rings (SSSR count). The van der Waals surface area contributed by atoms with Gasteiger partial charge in [-0.3, -0.25) is 0 Å². The van der Waals surface area contributed by atoms with Crippen molar-refractivity contribution in [3.8, 4) is 0 Å². The number of nitrogens with one attached hydrogen (secondary N) is 2. The van der Waals surface area contributed by atoms with Crippen molar-refractivity contribution in [2.24, 2.45) is 16.7 Å². The van der Waals surface area contributed by atoms with Gasteiger partial charge in [0.15, 0.2) is 0 Å². The van der Waals surface area contributed by atoms with Gasteiger partial charge in [-0.05, 0) is 42.4 Å². The molecular weight excluding hydrogens is 332 g/mol. The van der Waals surface area contributed by atoms with E-state index in [1.165, 1.54) is 0 Å². The van der Waals surface area contributed by atoms with Crippen LogP contribution in [0, 0.1) is 16.7 Å². The zero-order valence-corrected chi connectivity index (χ0v) is 17.2. The zero-order chi connectivity index (χ0) is 19.8. The topological polar surface area (TPSA) is 87.7 Å². The van der Waals surface area contributed by atoms with Crippen LogP contribution in [0.3, 0.4) is 0 Å². The van der Waals surface area contributed by atoms with E-state index in [0.717, 1.165) is 44.9 Å². The van der Waals surface area contributed by atoms with Crippen LogP contribution in [0.15, 0.2) is 0 Å². The predicted octanol–water partition coefficient (Wildman–Crippen LogP) is 4.78. The van der Waals surface area contributed by atoms with Gasteiger partial charge in [0.05, 0.1) is 6.61 Å². The van der Waals surface area contributed by atoms with E-state index in [9.17, 15) is 9.59 Å². The summed E-state index contributed by atoms with van der Waals surface area (Å²) in [5.74, 6) is 0.425. The van der Waals surface area contributed by atoms with Crippen molar-refractivity contribution in [3.63, 3.8) is 0 Å². The molecule has 0 saturated heterocycles. The maximum absolute atomic E-state index is 12.1. The van der Waals surface area contributed by atoms with Crippen molar-refractivity contribution in [3.05, 3.63) is 0 Å². The molecule has 0 aromatic heterocycles. The number of carbonyl (C=O) groups excluding carboxylic acids is 1. The Balaban J connectivity index is 2.50. The van der Waals surface area contributed by atoms with E-state index in [1.54, 1.807) is 0 Å². The molecule has 1 fully saturated rings. The van der Waals surface area contributed by atoms with E-state index in [4.69, 9.17) is 9.84 Å². The fourth-order valence-electron chi connectivity index (χ4n) is 4.47. The summed E-state index contributed by atoms with van der Waals surface area (Å²) in [5, 5.41) is 14.6. The third-order valence-electron chi connectivity index (χ3n) is 5.42. The number of carboxylic acid groups (broad SMARTS) is 1. The van der Waals surface area contributed by atoms with Crippen molar-refractivity contribution < 1.29 is 19.4 Å². The smallest absolute Gasteiger partial charge is 0.407 e. The van der Waals surface area contributed by atoms with Gasteiger partial charge in [0.1, 0.15) is 0 Å². The fraction of sp³-hybridized carbons (Fsp3) is 0.900. The molecular formula is C20H38N2O4. The molecule has 0 aromatic carbocycles. The molecule has 1 saturated carbocycles. The van der Waals surface area contributed by atoms with E-state index in [1.807, 2.05) is 0 Å². The summed E-state index contributed by atoms with van der Waals surface area (Å²) in [6, 6.07) is -0.0856. The lowest BCUT2D eigenvalue weighted by Crippen LogP contribution is -2.50. The van der Waals surface area contributed by atoms with E-state index in [2.05, 4.69) is 45.3 Å². The Morgan fingerprint density at radius 1 is 1.23 bits per heavy atom. The Morgan fingerprint density at radius 3 is 2.50 bits per heavy atom. The van der Waals surface area contributed by atoms with Crippen LogP contribution < -0.4 is 10.6 Å². The largest absolute Gasteiger partial charge is 0.465 e. The number of alkyl carbamates (subject to hydrolysis) is 1. The van der Waals surface area contributed by atoms with Gasteiger partial charge in [-0.15, -0.1) is 0 Å². The molecule has 6 heteroatoms. The standard InChI is InChI=1S/C20H38N2O4/c1-6-8-9-15(7-2)12-26-18(25)21-14-20(5)11-16(22-17(23)24)10-19(3,4)13-20/h15-16,22H,6-14H2,1-5H3,(H,21,25)(H,23,24). The van der Waals surface area contributed by atoms with Crippen molar-refractivity contribution in [1.82, 2.24) is 10.6 Å². The number of rotatable bonds is 9. The lowest BCUT2D eigenvalue weighted by molar-refractivity contribution is 0.0645. The van der Waals surface area contributed by atoms with Gasteiger partial charge in [0, 0.05) is 12.6 Å². The minimum Gasteiger partial charge on any atom is -0.465 e. The first kappa shape index (κ1) is 22.6. The Bertz CT molecular complexity index is 467. The van der Waals surface area contributed by atoms with Gasteiger partial charge in [0.25, 0.3) is 0 Å². The van der Waals surface area contributed by atoms with Crippen molar-refractivity contribution in [2.75, 3.05) is 13.2 Å². The van der Waals surface area contributed by atoms with Crippen LogP contribution in [0.5, 0.6) is 0 Å². The first-order chi connectivity index (χ1) is 12.1. The third kappa shape index (κ3) is 8.28. The Kier molecular flexibility index (Phi) is 8.71. The fourth-order valence-corrected chi connectivity index (χ4v) is 4.47. The minimum absolute atomic E-state index is 0.0269. The van der Waals surface area contributed by atoms with Crippen LogP contribution in [-0.4, -0.2) is 36.5 Å². The van der Waals surface area contributed by atoms with E-state index in [-0.39, 0.29) is 23.0 Å². The number of carbonyl (C=O) groups is 2. The molecule has 0 aromatic rings. The number of hydrogen-bond acceptors (Lipinski definition) is 3. The Hall–Kier alpha value is -1.46. The molecule has 0 spiro atoms. The third-order valence-corrected chi connectivity index (χ3v) is 5.42. The summed E-state index contributed by atoms with van der Waals surface area (Å²) in [6.07, 6.45) is 5.54. The molecule has 0 aliphatic heterocycles. The molecule has 3 N–H and O–H groups in total. The molecule has 152 valence electrons. The molecule has 0 radical (unpaired) electrons. The second-order valence-electron chi connectivity index (χ2n) is 9.07. The maximum Gasteiger partial charge on any atom is 0.407 e. The van der Waals surface area contributed by atoms with Crippen molar-refractivity contribution in [1.29, 1.82) is 0 Å². The van der Waals surface area contributed by atoms with Crippen LogP contribution in [0.4, 0.5) is 9.59 Å². The first-order valence-electron chi connectivity index (χ1n) is 9.99. The molecule has 2 amide bonds. The highest BCUT2D eigenvalue weighted by molar-refractivity contribution is 5.67. The van der Waals surface area contributed by atoms with Gasteiger partial charge < -0.3 is 20.5 Å². The molecule has 0 heterocycles. The van der Waals surface area contributed by atoms with Gasteiger partial charge in [0.2, 0.25) is 0 Å². The number of ether oxygens (including phenoxy) is 1. The number of unbranched alkanes of at least 4 members (excludes halogenated alkanes) is 1. The number of hydrogen-bond donors (Lipinski definition) is 3. The molecule has 3 atom stereocenters. The quantitative estimate of drug-likeness (QED) is 0.545. The average Bonchev–Trinajstić information content (AvgIpc) is 2.50. The van der Waals surface area contributed by atoms with E-state index >= 15 is 0 Å². The van der Waals surface area contributed by atoms with Gasteiger partial charge >= 0.3 is 12.2 Å². The highest BCUT2D eigenvalue weighted by atomic mass is 16.5. The van der Waals surface area contributed by atoms with Gasteiger partial charge in [-0.1, -0.05) is 53.9 Å². The second kappa shape index (κ2) is 10.0. The molecule has 6 nitrogen and oxygen atoms in total. The molecule has 3 unspecified atom stereocenters. The van der Waals surface area contributed by atoms with Crippen molar-refractivity contribution >= 4 is 12.2 Å². The Labute approximate surface area is 158 Å². The summed E-state index contributed by atoms with van der Waals surface area (Å²) in [4.78, 5) is 23.1. The van der Waals surface area contributed by atoms with Crippen LogP contribution in [0.2, 0.25) is 0 Å². The van der Waals surface area contributed by atoms with Crippen molar-refractivity contribution in [2.45, 2.75) is 85.6 Å². The molecule has 26 heavy (non-hydrogen) atoms. The summed E-state index contributed by atoms with van der Waals surface area (Å²) in [7, 11) is 0. The van der Waals surface area contributed by atoms with E-state index < -0.39 is 6.09 Å². The maximum atomic E-state index is 12.1. The predicted molar refractivity (Wildman–Crippen MR) is 103 cm³/mol. The lowest BCUT2D eigenvalue weighted by atomic mass is 9.62. The zero-order valence-electron chi connectivity index (χ0n) is 17.2. The van der Waals surface area contributed by atoms with Gasteiger partial charge in [-0.25, -0.2) is 9.59 Å². The van der Waals surface area contributed by atoms with E-state index in [0.29, 0.717) is 19.1 Å². The highest BCUT2D eigenvalue weighted by Gasteiger charge is 2.42. The SMILES string of the molecule is CCCCC(CC)COC(=O)NCC1(C)CC(NC(=O)O)CC(C)(C)C1.